The Labute approximate surface area is 191 Å². The molecule has 0 radical (unpaired) electrons. The second-order valence-corrected chi connectivity index (χ2v) is 7.78. The summed E-state index contributed by atoms with van der Waals surface area (Å²) in [4.78, 5) is 12.2. The zero-order chi connectivity index (χ0) is 22.7. The quantitative estimate of drug-likeness (QED) is 0.404. The van der Waals surface area contributed by atoms with Crippen LogP contribution in [-0.4, -0.2) is 12.6 Å². The first-order valence-corrected chi connectivity index (χ1v) is 10.3. The lowest BCUT2D eigenvalue weighted by Gasteiger charge is -2.27. The molecule has 2 N–H and O–H groups in total. The molecular formula is C24H16BrFN2O4. The number of halogens is 2. The number of nitrogens with two attached hydrogens (primary N) is 1. The van der Waals surface area contributed by atoms with Crippen LogP contribution in [0.4, 0.5) is 4.39 Å². The molecule has 1 unspecified atom stereocenters. The average molecular weight is 495 g/mol. The molecule has 1 atom stereocenters. The zero-order valence-corrected chi connectivity index (χ0v) is 18.1. The molecule has 0 saturated heterocycles. The number of esters is 1. The van der Waals surface area contributed by atoms with Gasteiger partial charge in [-0.15, -0.1) is 0 Å². The molecule has 3 aromatic carbocycles. The summed E-state index contributed by atoms with van der Waals surface area (Å²) in [6.07, 6.45) is 0. The number of nitriles is 1. The van der Waals surface area contributed by atoms with Crippen LogP contribution < -0.4 is 19.9 Å². The molecule has 3 aromatic rings. The van der Waals surface area contributed by atoms with Gasteiger partial charge in [0.2, 0.25) is 5.88 Å². The van der Waals surface area contributed by atoms with E-state index in [0.717, 1.165) is 4.47 Å². The lowest BCUT2D eigenvalue weighted by atomic mass is 9.83. The van der Waals surface area contributed by atoms with Crippen molar-refractivity contribution in [1.82, 2.24) is 0 Å². The van der Waals surface area contributed by atoms with Gasteiger partial charge in [0, 0.05) is 21.7 Å². The van der Waals surface area contributed by atoms with E-state index in [9.17, 15) is 14.4 Å². The number of allylic oxidation sites excluding steroid dienone is 1. The number of carbonyl (C=O) groups excluding carboxylic acids is 1. The van der Waals surface area contributed by atoms with Gasteiger partial charge in [-0.25, -0.2) is 9.18 Å². The Morgan fingerprint density at radius 3 is 2.53 bits per heavy atom. The van der Waals surface area contributed by atoms with Gasteiger partial charge in [0.05, 0.1) is 5.92 Å². The molecule has 0 amide bonds. The largest absolute Gasteiger partial charge is 0.482 e. The Balaban J connectivity index is 1.55. The molecule has 0 bridgehead atoms. The first kappa shape index (κ1) is 21.4. The molecule has 160 valence electrons. The van der Waals surface area contributed by atoms with Crippen molar-refractivity contribution in [2.45, 2.75) is 5.92 Å². The van der Waals surface area contributed by atoms with Crippen LogP contribution in [-0.2, 0) is 4.79 Å². The minimum atomic E-state index is -0.740. The highest BCUT2D eigenvalue weighted by Crippen LogP contribution is 2.44. The van der Waals surface area contributed by atoms with Crippen molar-refractivity contribution >= 4 is 21.9 Å². The summed E-state index contributed by atoms with van der Waals surface area (Å²) in [6, 6.07) is 19.8. The molecule has 0 fully saturated rings. The first-order valence-electron chi connectivity index (χ1n) is 9.51. The van der Waals surface area contributed by atoms with E-state index in [1.807, 2.05) is 6.07 Å². The van der Waals surface area contributed by atoms with Crippen molar-refractivity contribution in [3.8, 4) is 23.3 Å². The Hall–Kier alpha value is -3.83. The van der Waals surface area contributed by atoms with Crippen molar-refractivity contribution < 1.29 is 23.4 Å². The summed E-state index contributed by atoms with van der Waals surface area (Å²) in [7, 11) is 0. The third kappa shape index (κ3) is 4.43. The Kier molecular flexibility index (Phi) is 6.10. The average Bonchev–Trinajstić information content (AvgIpc) is 2.78. The highest BCUT2D eigenvalue weighted by molar-refractivity contribution is 9.10. The van der Waals surface area contributed by atoms with Gasteiger partial charge in [-0.3, -0.25) is 0 Å². The lowest BCUT2D eigenvalue weighted by molar-refractivity contribution is -0.136. The fraction of sp³-hybridized carbons (Fsp3) is 0.0833. The maximum Gasteiger partial charge on any atom is 0.349 e. The van der Waals surface area contributed by atoms with E-state index in [2.05, 4.69) is 15.9 Å². The summed E-state index contributed by atoms with van der Waals surface area (Å²) in [6.45, 7) is -0.294. The van der Waals surface area contributed by atoms with Crippen LogP contribution >= 0.6 is 15.9 Å². The highest BCUT2D eigenvalue weighted by atomic mass is 79.9. The molecule has 0 aromatic heterocycles. The van der Waals surface area contributed by atoms with Gasteiger partial charge in [0.25, 0.3) is 0 Å². The molecule has 6 nitrogen and oxygen atoms in total. The van der Waals surface area contributed by atoms with Crippen molar-refractivity contribution in [3.63, 3.8) is 0 Å². The fourth-order valence-corrected chi connectivity index (χ4v) is 3.63. The maximum absolute atomic E-state index is 14.5. The number of hydrogen-bond donors (Lipinski definition) is 1. The third-order valence-electron chi connectivity index (χ3n) is 4.81. The van der Waals surface area contributed by atoms with Crippen LogP contribution in [0.5, 0.6) is 17.2 Å². The minimum absolute atomic E-state index is 0.107. The van der Waals surface area contributed by atoms with Gasteiger partial charge in [0.1, 0.15) is 34.7 Å². The smallest absolute Gasteiger partial charge is 0.349 e. The second kappa shape index (κ2) is 9.12. The van der Waals surface area contributed by atoms with E-state index < -0.39 is 17.7 Å². The summed E-state index contributed by atoms with van der Waals surface area (Å²) in [5.41, 5.74) is 6.87. The summed E-state index contributed by atoms with van der Waals surface area (Å²) < 4.78 is 31.7. The standard InChI is InChI=1S/C24H16BrFN2O4/c25-14-5-7-15(8-6-14)30-13-22(29)31-16-9-10-18-21(11-16)32-24(28)19(12-27)23(18)17-3-1-2-4-20(17)26/h1-11,23H,13,28H2. The molecule has 1 heterocycles. The number of nitrogens with zero attached hydrogens (tertiary/aromatic N) is 1. The predicted molar refractivity (Wildman–Crippen MR) is 117 cm³/mol. The molecule has 1 aliphatic heterocycles. The number of carbonyl (C=O) groups is 1. The maximum atomic E-state index is 14.5. The van der Waals surface area contributed by atoms with Crippen LogP contribution in [0.2, 0.25) is 0 Å². The van der Waals surface area contributed by atoms with Crippen molar-refractivity contribution in [2.75, 3.05) is 6.61 Å². The van der Waals surface area contributed by atoms with E-state index in [1.54, 1.807) is 54.6 Å². The van der Waals surface area contributed by atoms with E-state index in [-0.39, 0.29) is 29.6 Å². The molecule has 0 saturated carbocycles. The van der Waals surface area contributed by atoms with Gasteiger partial charge in [-0.2, -0.15) is 5.26 Å². The molecule has 8 heteroatoms. The SMILES string of the molecule is N#CC1=C(N)Oc2cc(OC(=O)COc3ccc(Br)cc3)ccc2C1c1ccccc1F. The first-order chi connectivity index (χ1) is 15.5. The van der Waals surface area contributed by atoms with Crippen LogP contribution in [0.25, 0.3) is 0 Å². The molecule has 4 rings (SSSR count). The fourth-order valence-electron chi connectivity index (χ4n) is 3.36. The molecule has 1 aliphatic rings. The molecule has 32 heavy (non-hydrogen) atoms. The Morgan fingerprint density at radius 1 is 1.09 bits per heavy atom. The normalized spacial score (nSPS) is 14.7. The topological polar surface area (TPSA) is 94.6 Å². The highest BCUT2D eigenvalue weighted by Gasteiger charge is 2.32. The van der Waals surface area contributed by atoms with E-state index in [1.165, 1.54) is 12.1 Å². The Morgan fingerprint density at radius 2 is 1.81 bits per heavy atom. The van der Waals surface area contributed by atoms with Gasteiger partial charge < -0.3 is 19.9 Å². The number of ether oxygens (including phenoxy) is 3. The van der Waals surface area contributed by atoms with Crippen LogP contribution in [0.3, 0.4) is 0 Å². The van der Waals surface area contributed by atoms with Crippen LogP contribution in [0, 0.1) is 17.1 Å². The van der Waals surface area contributed by atoms with E-state index >= 15 is 0 Å². The van der Waals surface area contributed by atoms with Crippen molar-refractivity contribution in [1.29, 1.82) is 5.26 Å². The molecule has 0 aliphatic carbocycles. The number of rotatable bonds is 5. The molecule has 0 spiro atoms. The minimum Gasteiger partial charge on any atom is -0.482 e. The zero-order valence-electron chi connectivity index (χ0n) is 16.5. The summed E-state index contributed by atoms with van der Waals surface area (Å²) >= 11 is 3.33. The number of hydrogen-bond acceptors (Lipinski definition) is 6. The third-order valence-corrected chi connectivity index (χ3v) is 5.34. The lowest BCUT2D eigenvalue weighted by Crippen LogP contribution is -2.22. The van der Waals surface area contributed by atoms with Crippen molar-refractivity contribution in [3.05, 3.63) is 99.6 Å². The van der Waals surface area contributed by atoms with Gasteiger partial charge in [-0.05, 0) is 36.4 Å². The number of benzene rings is 3. The van der Waals surface area contributed by atoms with Gasteiger partial charge >= 0.3 is 5.97 Å². The summed E-state index contributed by atoms with van der Waals surface area (Å²) in [5.74, 6) is -0.955. The predicted octanol–water partition coefficient (Wildman–Crippen LogP) is 4.79. The number of fused-ring (bicyclic) bond motifs is 1. The monoisotopic (exact) mass is 494 g/mol. The van der Waals surface area contributed by atoms with Gasteiger partial charge in [0.15, 0.2) is 6.61 Å². The van der Waals surface area contributed by atoms with E-state index in [0.29, 0.717) is 16.9 Å². The Bertz CT molecular complexity index is 1250. The van der Waals surface area contributed by atoms with Crippen molar-refractivity contribution in [2.24, 2.45) is 5.73 Å². The van der Waals surface area contributed by atoms with Crippen LogP contribution in [0.1, 0.15) is 17.0 Å². The van der Waals surface area contributed by atoms with E-state index in [4.69, 9.17) is 19.9 Å². The summed E-state index contributed by atoms with van der Waals surface area (Å²) in [5, 5.41) is 9.58. The van der Waals surface area contributed by atoms with Gasteiger partial charge in [-0.1, -0.05) is 40.2 Å². The molecular weight excluding hydrogens is 479 g/mol. The van der Waals surface area contributed by atoms with Crippen LogP contribution in [0.15, 0.2) is 82.7 Å². The second-order valence-electron chi connectivity index (χ2n) is 6.86.